The molecule has 2 N–H and O–H groups in total. The molecule has 25 heavy (non-hydrogen) atoms. The maximum atomic E-state index is 5.19. The molecular formula is C20H28N2O3. The van der Waals surface area contributed by atoms with Crippen molar-refractivity contribution in [3.8, 4) is 11.5 Å². The van der Waals surface area contributed by atoms with Gasteiger partial charge in [-0.15, -0.1) is 0 Å². The third-order valence-corrected chi connectivity index (χ3v) is 3.41. The highest BCUT2D eigenvalue weighted by atomic mass is 16.5. The Hall–Kier alpha value is -2.82. The summed E-state index contributed by atoms with van der Waals surface area (Å²) in [4.78, 5) is 0. The minimum atomic E-state index is 0.740. The van der Waals surface area contributed by atoms with Gasteiger partial charge in [0.05, 0.1) is 20.5 Å². The molecule has 0 spiro atoms. The number of furan rings is 1. The summed E-state index contributed by atoms with van der Waals surface area (Å²) in [7, 11) is 7.01. The number of fused-ring (bicyclic) bond motifs is 1. The summed E-state index contributed by atoms with van der Waals surface area (Å²) in [6.45, 7) is 4.00. The average molecular weight is 344 g/mol. The van der Waals surface area contributed by atoms with E-state index in [-0.39, 0.29) is 0 Å². The van der Waals surface area contributed by atoms with Gasteiger partial charge in [-0.1, -0.05) is 13.8 Å². The van der Waals surface area contributed by atoms with Crippen LogP contribution < -0.4 is 20.1 Å². The third-order valence-electron chi connectivity index (χ3n) is 3.41. The number of nitrogens with one attached hydrogen (secondary N) is 2. The lowest BCUT2D eigenvalue weighted by Gasteiger charge is -2.08. The van der Waals surface area contributed by atoms with Gasteiger partial charge in [-0.25, -0.2) is 0 Å². The second kappa shape index (κ2) is 10.9. The maximum absolute atomic E-state index is 5.19. The lowest BCUT2D eigenvalue weighted by molar-refractivity contribution is 0.355. The Kier molecular flexibility index (Phi) is 8.79. The van der Waals surface area contributed by atoms with Gasteiger partial charge in [0, 0.05) is 36.9 Å². The summed E-state index contributed by atoms with van der Waals surface area (Å²) < 4.78 is 15.4. The van der Waals surface area contributed by atoms with Crippen molar-refractivity contribution in [1.29, 1.82) is 0 Å². The van der Waals surface area contributed by atoms with Crippen LogP contribution >= 0.6 is 0 Å². The molecule has 2 aromatic carbocycles. The zero-order valence-electron chi connectivity index (χ0n) is 15.8. The lowest BCUT2D eigenvalue weighted by atomic mass is 10.2. The number of hydrogen-bond acceptors (Lipinski definition) is 5. The van der Waals surface area contributed by atoms with Crippen LogP contribution in [0.5, 0.6) is 11.5 Å². The molecule has 0 aliphatic carbocycles. The van der Waals surface area contributed by atoms with Crippen molar-refractivity contribution < 1.29 is 13.9 Å². The summed E-state index contributed by atoms with van der Waals surface area (Å²) >= 11 is 0. The Labute approximate surface area is 149 Å². The van der Waals surface area contributed by atoms with Crippen molar-refractivity contribution in [3.05, 3.63) is 48.7 Å². The molecule has 0 radical (unpaired) electrons. The molecule has 0 unspecified atom stereocenters. The van der Waals surface area contributed by atoms with Crippen molar-refractivity contribution in [2.45, 2.75) is 13.8 Å². The highest BCUT2D eigenvalue weighted by molar-refractivity contribution is 5.80. The lowest BCUT2D eigenvalue weighted by Crippen LogP contribution is -1.93. The quantitative estimate of drug-likeness (QED) is 0.677. The zero-order chi connectivity index (χ0) is 18.7. The van der Waals surface area contributed by atoms with Gasteiger partial charge in [0.2, 0.25) is 0 Å². The number of ether oxygens (including phenoxy) is 2. The SMILES string of the molecule is CC.CNc1ccc(OC)c(OC)c1.CNc1ccc2occc2c1. The van der Waals surface area contributed by atoms with Crippen LogP contribution in [-0.4, -0.2) is 28.3 Å². The van der Waals surface area contributed by atoms with Crippen LogP contribution in [0.2, 0.25) is 0 Å². The second-order valence-electron chi connectivity index (χ2n) is 4.74. The molecule has 5 nitrogen and oxygen atoms in total. The van der Waals surface area contributed by atoms with Gasteiger partial charge < -0.3 is 24.5 Å². The fourth-order valence-corrected chi connectivity index (χ4v) is 2.11. The smallest absolute Gasteiger partial charge is 0.162 e. The molecule has 136 valence electrons. The fraction of sp³-hybridized carbons (Fsp3) is 0.300. The largest absolute Gasteiger partial charge is 0.493 e. The number of rotatable bonds is 4. The zero-order valence-corrected chi connectivity index (χ0v) is 15.8. The Morgan fingerprint density at radius 2 is 1.36 bits per heavy atom. The van der Waals surface area contributed by atoms with Gasteiger partial charge in [-0.2, -0.15) is 0 Å². The van der Waals surface area contributed by atoms with Crippen molar-refractivity contribution in [1.82, 2.24) is 0 Å². The maximum Gasteiger partial charge on any atom is 0.162 e. The van der Waals surface area contributed by atoms with Crippen molar-refractivity contribution in [2.75, 3.05) is 38.9 Å². The highest BCUT2D eigenvalue weighted by Crippen LogP contribution is 2.29. The van der Waals surface area contributed by atoms with Crippen LogP contribution in [0.1, 0.15) is 13.8 Å². The highest BCUT2D eigenvalue weighted by Gasteiger charge is 2.02. The van der Waals surface area contributed by atoms with E-state index >= 15 is 0 Å². The number of anilines is 2. The molecule has 0 fully saturated rings. The Morgan fingerprint density at radius 1 is 0.760 bits per heavy atom. The standard InChI is InChI=1S/C9H13NO2.C9H9NO.C2H6/c1-10-7-4-5-8(11-2)9(6-7)12-3;1-10-8-2-3-9-7(6-8)4-5-11-9;1-2/h4-6,10H,1-3H3;2-6,10H,1H3;1-2H3. The van der Waals surface area contributed by atoms with E-state index in [0.29, 0.717) is 0 Å². The fourth-order valence-electron chi connectivity index (χ4n) is 2.11. The normalized spacial score (nSPS) is 9.20. The van der Waals surface area contributed by atoms with Gasteiger partial charge in [0.15, 0.2) is 11.5 Å². The van der Waals surface area contributed by atoms with Crippen molar-refractivity contribution in [3.63, 3.8) is 0 Å². The van der Waals surface area contributed by atoms with Crippen molar-refractivity contribution in [2.24, 2.45) is 0 Å². The Balaban J connectivity index is 0.000000228. The van der Waals surface area contributed by atoms with Crippen LogP contribution in [-0.2, 0) is 0 Å². The van der Waals surface area contributed by atoms with Gasteiger partial charge in [0.1, 0.15) is 5.58 Å². The van der Waals surface area contributed by atoms with E-state index in [1.54, 1.807) is 20.5 Å². The van der Waals surface area contributed by atoms with E-state index in [1.807, 2.05) is 64.3 Å². The van der Waals surface area contributed by atoms with E-state index in [0.717, 1.165) is 33.8 Å². The molecule has 1 aromatic heterocycles. The number of hydrogen-bond donors (Lipinski definition) is 2. The van der Waals surface area contributed by atoms with Crippen LogP contribution in [0.4, 0.5) is 11.4 Å². The summed E-state index contributed by atoms with van der Waals surface area (Å²) in [5.74, 6) is 1.49. The predicted molar refractivity (Wildman–Crippen MR) is 106 cm³/mol. The van der Waals surface area contributed by atoms with E-state index in [4.69, 9.17) is 13.9 Å². The first-order valence-electron chi connectivity index (χ1n) is 8.26. The minimum Gasteiger partial charge on any atom is -0.493 e. The van der Waals surface area contributed by atoms with Crippen LogP contribution in [0.3, 0.4) is 0 Å². The van der Waals surface area contributed by atoms with E-state index in [1.165, 1.54) is 0 Å². The first-order chi connectivity index (χ1) is 12.2. The molecule has 1 heterocycles. The third kappa shape index (κ3) is 5.64. The number of methoxy groups -OCH3 is 2. The van der Waals surface area contributed by atoms with Gasteiger partial charge in [-0.05, 0) is 36.4 Å². The Bertz CT molecular complexity index is 754. The van der Waals surface area contributed by atoms with Crippen LogP contribution in [0, 0.1) is 0 Å². The topological polar surface area (TPSA) is 55.7 Å². The van der Waals surface area contributed by atoms with Crippen LogP contribution in [0.15, 0.2) is 53.1 Å². The van der Waals surface area contributed by atoms with Crippen molar-refractivity contribution >= 4 is 22.3 Å². The molecule has 5 heteroatoms. The predicted octanol–water partition coefficient (Wildman–Crippen LogP) is 5.25. The Morgan fingerprint density at radius 3 is 1.96 bits per heavy atom. The molecule has 0 aliphatic rings. The molecule has 0 saturated heterocycles. The molecule has 0 saturated carbocycles. The molecular weight excluding hydrogens is 316 g/mol. The van der Waals surface area contributed by atoms with E-state index in [9.17, 15) is 0 Å². The van der Waals surface area contributed by atoms with E-state index in [2.05, 4.69) is 16.7 Å². The summed E-state index contributed by atoms with van der Waals surface area (Å²) in [5, 5.41) is 7.22. The van der Waals surface area contributed by atoms with Crippen LogP contribution in [0.25, 0.3) is 11.0 Å². The summed E-state index contributed by atoms with van der Waals surface area (Å²) in [6, 6.07) is 13.6. The van der Waals surface area contributed by atoms with Gasteiger partial charge in [-0.3, -0.25) is 0 Å². The average Bonchev–Trinajstić information content (AvgIpc) is 3.17. The molecule has 3 aromatic rings. The summed E-state index contributed by atoms with van der Waals surface area (Å²) in [5.41, 5.74) is 3.05. The first kappa shape index (κ1) is 20.2. The van der Waals surface area contributed by atoms with E-state index < -0.39 is 0 Å². The second-order valence-corrected chi connectivity index (χ2v) is 4.74. The number of benzene rings is 2. The molecule has 0 amide bonds. The molecule has 0 atom stereocenters. The molecule has 0 aliphatic heterocycles. The minimum absolute atomic E-state index is 0.740. The first-order valence-corrected chi connectivity index (χ1v) is 8.26. The molecule has 3 rings (SSSR count). The monoisotopic (exact) mass is 344 g/mol. The molecule has 0 bridgehead atoms. The van der Waals surface area contributed by atoms with Gasteiger partial charge >= 0.3 is 0 Å². The summed E-state index contributed by atoms with van der Waals surface area (Å²) in [6.07, 6.45) is 1.70. The van der Waals surface area contributed by atoms with Gasteiger partial charge in [0.25, 0.3) is 0 Å².